The van der Waals surface area contributed by atoms with Crippen LogP contribution in [0, 0.1) is 17.1 Å². The number of nitriles is 1. The molecular formula is C27H28ClFN4O. The Morgan fingerprint density at radius 2 is 1.74 bits per heavy atom. The normalized spacial score (nSPS) is 10.7. The van der Waals surface area contributed by atoms with Crippen molar-refractivity contribution in [2.45, 2.75) is 20.3 Å². The lowest BCUT2D eigenvalue weighted by Crippen LogP contribution is -2.37. The maximum Gasteiger partial charge on any atom is 0.326 e. The molecular weight excluding hydrogens is 451 g/mol. The first-order valence-electron chi connectivity index (χ1n) is 11.3. The minimum atomic E-state index is -0.535. The Bertz CT molecular complexity index is 1160. The van der Waals surface area contributed by atoms with Gasteiger partial charge in [-0.1, -0.05) is 49.7 Å². The Morgan fingerprint density at radius 3 is 2.38 bits per heavy atom. The molecule has 3 aromatic rings. The molecule has 0 unspecified atom stereocenters. The van der Waals surface area contributed by atoms with Crippen LogP contribution < -0.4 is 10.2 Å². The van der Waals surface area contributed by atoms with Gasteiger partial charge in [0.2, 0.25) is 0 Å². The first-order valence-corrected chi connectivity index (χ1v) is 11.7. The molecule has 34 heavy (non-hydrogen) atoms. The monoisotopic (exact) mass is 478 g/mol. The molecule has 0 atom stereocenters. The van der Waals surface area contributed by atoms with Crippen LogP contribution in [0.25, 0.3) is 11.1 Å². The molecule has 0 bridgehead atoms. The molecule has 0 aliphatic rings. The van der Waals surface area contributed by atoms with Crippen LogP contribution >= 0.6 is 11.6 Å². The van der Waals surface area contributed by atoms with Crippen molar-refractivity contribution in [3.63, 3.8) is 0 Å². The standard InChI is InChI=1S/C27H28ClFN4O/c1-3-32(4-2)15-6-16-33(27(34)31-23-11-14-26(29)25(28)18-23)24-12-9-21(10-13-24)22-8-5-7-20(17-22)19-30/h5,7-14,17-18H,3-4,6,15-16H2,1-2H3,(H,31,34). The van der Waals surface area contributed by atoms with Crippen LogP contribution in [0.4, 0.5) is 20.6 Å². The van der Waals surface area contributed by atoms with Crippen LogP contribution in [0.2, 0.25) is 5.02 Å². The van der Waals surface area contributed by atoms with Gasteiger partial charge in [0, 0.05) is 17.9 Å². The lowest BCUT2D eigenvalue weighted by atomic mass is 10.0. The van der Waals surface area contributed by atoms with E-state index in [-0.39, 0.29) is 11.1 Å². The molecule has 0 fully saturated rings. The van der Waals surface area contributed by atoms with Crippen molar-refractivity contribution >= 4 is 29.0 Å². The van der Waals surface area contributed by atoms with Gasteiger partial charge in [0.15, 0.2) is 0 Å². The molecule has 3 rings (SSSR count). The van der Waals surface area contributed by atoms with Gasteiger partial charge < -0.3 is 10.2 Å². The molecule has 0 radical (unpaired) electrons. The summed E-state index contributed by atoms with van der Waals surface area (Å²) in [6, 6.07) is 21.0. The van der Waals surface area contributed by atoms with Crippen LogP contribution in [0.15, 0.2) is 66.7 Å². The molecule has 1 N–H and O–H groups in total. The highest BCUT2D eigenvalue weighted by Gasteiger charge is 2.17. The number of hydrogen-bond donors (Lipinski definition) is 1. The molecule has 0 aromatic heterocycles. The van der Waals surface area contributed by atoms with E-state index in [2.05, 4.69) is 30.1 Å². The van der Waals surface area contributed by atoms with Gasteiger partial charge in [-0.25, -0.2) is 9.18 Å². The van der Waals surface area contributed by atoms with E-state index in [0.29, 0.717) is 17.8 Å². The molecule has 0 spiro atoms. The van der Waals surface area contributed by atoms with Gasteiger partial charge in [-0.15, -0.1) is 0 Å². The molecule has 7 heteroatoms. The summed E-state index contributed by atoms with van der Waals surface area (Å²) in [6.07, 6.45) is 0.797. The van der Waals surface area contributed by atoms with Crippen LogP contribution in [-0.4, -0.2) is 37.1 Å². The summed E-state index contributed by atoms with van der Waals surface area (Å²) in [6.45, 7) is 7.53. The Hall–Kier alpha value is -3.40. The number of benzene rings is 3. The Kier molecular flexibility index (Phi) is 9.03. The van der Waals surface area contributed by atoms with Crippen LogP contribution in [0.3, 0.4) is 0 Å². The van der Waals surface area contributed by atoms with E-state index < -0.39 is 5.82 Å². The Labute approximate surface area is 205 Å². The summed E-state index contributed by atoms with van der Waals surface area (Å²) in [7, 11) is 0. The maximum atomic E-state index is 13.5. The number of urea groups is 1. The number of halogens is 2. The van der Waals surface area contributed by atoms with E-state index in [4.69, 9.17) is 16.9 Å². The van der Waals surface area contributed by atoms with Gasteiger partial charge in [0.05, 0.1) is 16.7 Å². The summed E-state index contributed by atoms with van der Waals surface area (Å²) in [4.78, 5) is 17.2. The first kappa shape index (κ1) is 25.2. The van der Waals surface area contributed by atoms with Crippen molar-refractivity contribution in [3.8, 4) is 17.2 Å². The highest BCUT2D eigenvalue weighted by molar-refractivity contribution is 6.31. The maximum absolute atomic E-state index is 13.5. The molecule has 176 valence electrons. The fraction of sp³-hybridized carbons (Fsp3) is 0.259. The fourth-order valence-corrected chi connectivity index (χ4v) is 3.89. The second-order valence-electron chi connectivity index (χ2n) is 7.83. The van der Waals surface area contributed by atoms with Gasteiger partial charge in [-0.2, -0.15) is 5.26 Å². The van der Waals surface area contributed by atoms with Gasteiger partial charge >= 0.3 is 6.03 Å². The third-order valence-corrected chi connectivity index (χ3v) is 5.96. The molecule has 3 aromatic carbocycles. The van der Waals surface area contributed by atoms with Crippen molar-refractivity contribution in [2.75, 3.05) is 36.4 Å². The third kappa shape index (κ3) is 6.57. The van der Waals surface area contributed by atoms with E-state index in [9.17, 15) is 9.18 Å². The molecule has 5 nitrogen and oxygen atoms in total. The zero-order chi connectivity index (χ0) is 24.5. The Balaban J connectivity index is 1.82. The quantitative estimate of drug-likeness (QED) is 0.368. The van der Waals surface area contributed by atoms with Crippen molar-refractivity contribution in [3.05, 3.63) is 83.1 Å². The number of carbonyl (C=O) groups excluding carboxylic acids is 1. The van der Waals surface area contributed by atoms with Gasteiger partial charge in [-0.05, 0) is 79.6 Å². The van der Waals surface area contributed by atoms with Gasteiger partial charge in [-0.3, -0.25) is 4.90 Å². The number of nitrogens with one attached hydrogen (secondary N) is 1. The molecule has 0 heterocycles. The summed E-state index contributed by atoms with van der Waals surface area (Å²) >= 11 is 5.88. The molecule has 0 saturated heterocycles. The van der Waals surface area contributed by atoms with E-state index in [0.717, 1.165) is 42.9 Å². The third-order valence-electron chi connectivity index (χ3n) is 5.67. The predicted molar refractivity (Wildman–Crippen MR) is 137 cm³/mol. The predicted octanol–water partition coefficient (Wildman–Crippen LogP) is 6.79. The van der Waals surface area contributed by atoms with Crippen molar-refractivity contribution in [1.29, 1.82) is 5.26 Å². The topological polar surface area (TPSA) is 59.4 Å². The highest BCUT2D eigenvalue weighted by atomic mass is 35.5. The van der Waals surface area contributed by atoms with Gasteiger partial charge in [0.25, 0.3) is 0 Å². The number of nitrogens with zero attached hydrogens (tertiary/aromatic N) is 3. The van der Waals surface area contributed by atoms with Crippen molar-refractivity contribution < 1.29 is 9.18 Å². The number of rotatable bonds is 9. The SMILES string of the molecule is CCN(CC)CCCN(C(=O)Nc1ccc(F)c(Cl)c1)c1ccc(-c2cccc(C#N)c2)cc1. The fourth-order valence-electron chi connectivity index (χ4n) is 3.71. The molecule has 0 saturated carbocycles. The number of carbonyl (C=O) groups is 1. The van der Waals surface area contributed by atoms with E-state index >= 15 is 0 Å². The molecule has 2 amide bonds. The van der Waals surface area contributed by atoms with Gasteiger partial charge in [0.1, 0.15) is 5.82 Å². The van der Waals surface area contributed by atoms with E-state index in [1.807, 2.05) is 42.5 Å². The van der Waals surface area contributed by atoms with Crippen LogP contribution in [0.5, 0.6) is 0 Å². The molecule has 0 aliphatic carbocycles. The number of anilines is 2. The summed E-state index contributed by atoms with van der Waals surface area (Å²) < 4.78 is 13.5. The summed E-state index contributed by atoms with van der Waals surface area (Å²) in [5.41, 5.74) is 3.65. The average molecular weight is 479 g/mol. The van der Waals surface area contributed by atoms with E-state index in [1.54, 1.807) is 11.0 Å². The zero-order valence-electron chi connectivity index (χ0n) is 19.4. The minimum absolute atomic E-state index is 0.0464. The zero-order valence-corrected chi connectivity index (χ0v) is 20.1. The second-order valence-corrected chi connectivity index (χ2v) is 8.24. The smallest absolute Gasteiger partial charge is 0.307 e. The summed E-state index contributed by atoms with van der Waals surface area (Å²) in [5.74, 6) is -0.535. The average Bonchev–Trinajstić information content (AvgIpc) is 2.86. The van der Waals surface area contributed by atoms with Crippen molar-refractivity contribution in [1.82, 2.24) is 4.90 Å². The van der Waals surface area contributed by atoms with Crippen molar-refractivity contribution in [2.24, 2.45) is 0 Å². The van der Waals surface area contributed by atoms with E-state index in [1.165, 1.54) is 18.2 Å². The lowest BCUT2D eigenvalue weighted by molar-refractivity contribution is 0.255. The minimum Gasteiger partial charge on any atom is -0.307 e. The first-order chi connectivity index (χ1) is 16.4. The second kappa shape index (κ2) is 12.2. The highest BCUT2D eigenvalue weighted by Crippen LogP contribution is 2.25. The molecule has 0 aliphatic heterocycles. The summed E-state index contributed by atoms with van der Waals surface area (Å²) in [5, 5.41) is 11.9. The van der Waals surface area contributed by atoms with Crippen LogP contribution in [-0.2, 0) is 0 Å². The Morgan fingerprint density at radius 1 is 1.00 bits per heavy atom. The largest absolute Gasteiger partial charge is 0.326 e. The number of amides is 2. The lowest BCUT2D eigenvalue weighted by Gasteiger charge is -2.25. The number of hydrogen-bond acceptors (Lipinski definition) is 3. The van der Waals surface area contributed by atoms with Crippen LogP contribution in [0.1, 0.15) is 25.8 Å².